The number of hydrogen-bond donors (Lipinski definition) is 2. The van der Waals surface area contributed by atoms with Gasteiger partial charge in [-0.1, -0.05) is 23.8 Å². The van der Waals surface area contributed by atoms with E-state index in [9.17, 15) is 0 Å². The van der Waals surface area contributed by atoms with E-state index in [1.165, 1.54) is 5.56 Å². The van der Waals surface area contributed by atoms with Crippen molar-refractivity contribution in [2.45, 2.75) is 45.8 Å². The number of anilines is 1. The minimum Gasteiger partial charge on any atom is -0.487 e. The standard InChI is InChI=1S/C19H23N3OS/c1-12-5-7-16-14(9-12)15(10-19(3,4)23-16)21-18(24)22-17-8-6-13(2)11-20-17/h5-9,11,15H,10H2,1-4H3,(H2,20,21,22,24)/t15-/m0/s1. The van der Waals surface area contributed by atoms with Crippen LogP contribution in [0.4, 0.5) is 5.82 Å². The van der Waals surface area contributed by atoms with E-state index in [1.54, 1.807) is 0 Å². The van der Waals surface area contributed by atoms with Crippen LogP contribution in [0.3, 0.4) is 0 Å². The van der Waals surface area contributed by atoms with E-state index >= 15 is 0 Å². The predicted octanol–water partition coefficient (Wildman–Crippen LogP) is 4.29. The minimum absolute atomic E-state index is 0.106. The second-order valence-corrected chi connectivity index (χ2v) is 7.39. The fourth-order valence-corrected chi connectivity index (χ4v) is 3.20. The number of benzene rings is 1. The lowest BCUT2D eigenvalue weighted by Crippen LogP contribution is -2.42. The van der Waals surface area contributed by atoms with Crippen LogP contribution >= 0.6 is 12.2 Å². The molecular weight excluding hydrogens is 318 g/mol. The molecule has 0 fully saturated rings. The molecule has 0 bridgehead atoms. The van der Waals surface area contributed by atoms with Crippen molar-refractivity contribution < 1.29 is 4.74 Å². The summed E-state index contributed by atoms with van der Waals surface area (Å²) in [5.74, 6) is 1.67. The summed E-state index contributed by atoms with van der Waals surface area (Å²) >= 11 is 5.48. The number of pyridine rings is 1. The van der Waals surface area contributed by atoms with Crippen LogP contribution in [0.25, 0.3) is 0 Å². The molecule has 2 N–H and O–H groups in total. The van der Waals surface area contributed by atoms with Crippen molar-refractivity contribution in [3.63, 3.8) is 0 Å². The van der Waals surface area contributed by atoms with E-state index in [0.717, 1.165) is 29.1 Å². The Balaban J connectivity index is 1.77. The maximum atomic E-state index is 6.10. The van der Waals surface area contributed by atoms with Gasteiger partial charge in [0.25, 0.3) is 0 Å². The molecule has 2 heterocycles. The number of fused-ring (bicyclic) bond motifs is 1. The first-order valence-corrected chi connectivity index (χ1v) is 8.53. The molecule has 1 aromatic carbocycles. The van der Waals surface area contributed by atoms with Gasteiger partial charge in [-0.3, -0.25) is 0 Å². The van der Waals surface area contributed by atoms with Gasteiger partial charge in [0.15, 0.2) is 5.11 Å². The first-order chi connectivity index (χ1) is 11.3. The molecule has 0 saturated carbocycles. The highest BCUT2D eigenvalue weighted by Gasteiger charge is 2.34. The maximum absolute atomic E-state index is 6.10. The summed E-state index contributed by atoms with van der Waals surface area (Å²) in [7, 11) is 0. The van der Waals surface area contributed by atoms with Crippen molar-refractivity contribution in [3.05, 3.63) is 53.2 Å². The zero-order valence-electron chi connectivity index (χ0n) is 14.5. The Hall–Kier alpha value is -2.14. The summed E-state index contributed by atoms with van der Waals surface area (Å²) in [5, 5.41) is 7.15. The highest BCUT2D eigenvalue weighted by Crippen LogP contribution is 2.39. The van der Waals surface area contributed by atoms with E-state index in [0.29, 0.717) is 5.11 Å². The van der Waals surface area contributed by atoms with Gasteiger partial charge in [0.2, 0.25) is 0 Å². The second kappa shape index (κ2) is 6.40. The van der Waals surface area contributed by atoms with E-state index in [2.05, 4.69) is 48.5 Å². The number of hydrogen-bond acceptors (Lipinski definition) is 3. The van der Waals surface area contributed by atoms with Gasteiger partial charge in [-0.25, -0.2) is 4.98 Å². The number of nitrogens with one attached hydrogen (secondary N) is 2. The van der Waals surface area contributed by atoms with Gasteiger partial charge < -0.3 is 15.4 Å². The van der Waals surface area contributed by atoms with E-state index in [-0.39, 0.29) is 11.6 Å². The fraction of sp³-hybridized carbons (Fsp3) is 0.368. The molecule has 1 aliphatic rings. The summed E-state index contributed by atoms with van der Waals surface area (Å²) < 4.78 is 6.10. The maximum Gasteiger partial charge on any atom is 0.172 e. The molecule has 2 aromatic rings. The molecular formula is C19H23N3OS. The van der Waals surface area contributed by atoms with Crippen LogP contribution in [0.2, 0.25) is 0 Å². The lowest BCUT2D eigenvalue weighted by atomic mass is 9.89. The first kappa shape index (κ1) is 16.7. The van der Waals surface area contributed by atoms with Crippen molar-refractivity contribution in [2.24, 2.45) is 0 Å². The van der Waals surface area contributed by atoms with Crippen LogP contribution in [0.15, 0.2) is 36.5 Å². The van der Waals surface area contributed by atoms with Gasteiger partial charge in [0.05, 0.1) is 6.04 Å². The lowest BCUT2D eigenvalue weighted by molar-refractivity contribution is 0.0696. The summed E-state index contributed by atoms with van der Waals surface area (Å²) in [5.41, 5.74) is 3.24. The normalized spacial score (nSPS) is 18.2. The van der Waals surface area contributed by atoms with Gasteiger partial charge in [-0.05, 0) is 57.6 Å². The molecule has 0 spiro atoms. The second-order valence-electron chi connectivity index (χ2n) is 6.98. The average molecular weight is 341 g/mol. The third kappa shape index (κ3) is 3.85. The average Bonchev–Trinajstić information content (AvgIpc) is 2.49. The predicted molar refractivity (Wildman–Crippen MR) is 102 cm³/mol. The number of ether oxygens (including phenoxy) is 1. The van der Waals surface area contributed by atoms with Crippen LogP contribution in [-0.2, 0) is 0 Å². The highest BCUT2D eigenvalue weighted by atomic mass is 32.1. The molecule has 0 saturated heterocycles. The summed E-state index contributed by atoms with van der Waals surface area (Å²) in [4.78, 5) is 4.34. The van der Waals surface area contributed by atoms with Crippen LogP contribution in [0.5, 0.6) is 5.75 Å². The molecule has 0 unspecified atom stereocenters. The number of nitrogens with zero attached hydrogens (tertiary/aromatic N) is 1. The van der Waals surface area contributed by atoms with Crippen molar-refractivity contribution in [2.75, 3.05) is 5.32 Å². The molecule has 0 radical (unpaired) electrons. The molecule has 24 heavy (non-hydrogen) atoms. The Morgan fingerprint density at radius 2 is 1.96 bits per heavy atom. The fourth-order valence-electron chi connectivity index (χ4n) is 2.96. The molecule has 1 atom stereocenters. The third-order valence-corrected chi connectivity index (χ3v) is 4.30. The quantitative estimate of drug-likeness (QED) is 0.798. The number of aryl methyl sites for hydroxylation is 2. The molecule has 1 aliphatic heterocycles. The summed E-state index contributed by atoms with van der Waals surface area (Å²) in [6.07, 6.45) is 2.66. The molecule has 0 amide bonds. The Morgan fingerprint density at radius 3 is 2.67 bits per heavy atom. The molecule has 3 rings (SSSR count). The summed E-state index contributed by atoms with van der Waals surface area (Å²) in [6, 6.07) is 10.3. The SMILES string of the molecule is Cc1ccc(NC(=S)N[C@H]2CC(C)(C)Oc3ccc(C)cc32)nc1. The van der Waals surface area contributed by atoms with E-state index in [4.69, 9.17) is 17.0 Å². The first-order valence-electron chi connectivity index (χ1n) is 8.12. The topological polar surface area (TPSA) is 46.2 Å². The largest absolute Gasteiger partial charge is 0.487 e. The molecule has 4 nitrogen and oxygen atoms in total. The monoisotopic (exact) mass is 341 g/mol. The van der Waals surface area contributed by atoms with E-state index in [1.807, 2.05) is 31.3 Å². The van der Waals surface area contributed by atoms with Crippen LogP contribution in [-0.4, -0.2) is 15.7 Å². The van der Waals surface area contributed by atoms with Crippen LogP contribution in [0, 0.1) is 13.8 Å². The Morgan fingerprint density at radius 1 is 1.21 bits per heavy atom. The Kier molecular flexibility index (Phi) is 4.45. The molecule has 126 valence electrons. The van der Waals surface area contributed by atoms with Crippen LogP contribution < -0.4 is 15.4 Å². The number of aromatic nitrogens is 1. The molecule has 1 aromatic heterocycles. The van der Waals surface area contributed by atoms with Crippen molar-refractivity contribution in [3.8, 4) is 5.75 Å². The van der Waals surface area contributed by atoms with Crippen LogP contribution in [0.1, 0.15) is 43.0 Å². The van der Waals surface area contributed by atoms with Crippen molar-refractivity contribution >= 4 is 23.1 Å². The van der Waals surface area contributed by atoms with Gasteiger partial charge in [0.1, 0.15) is 17.2 Å². The lowest BCUT2D eigenvalue weighted by Gasteiger charge is -2.38. The van der Waals surface area contributed by atoms with Crippen molar-refractivity contribution in [1.82, 2.24) is 10.3 Å². The van der Waals surface area contributed by atoms with E-state index < -0.39 is 0 Å². The number of rotatable bonds is 2. The third-order valence-electron chi connectivity index (χ3n) is 4.08. The minimum atomic E-state index is -0.238. The van der Waals surface area contributed by atoms with Gasteiger partial charge in [-0.15, -0.1) is 0 Å². The highest BCUT2D eigenvalue weighted by molar-refractivity contribution is 7.80. The smallest absolute Gasteiger partial charge is 0.172 e. The zero-order chi connectivity index (χ0) is 17.3. The number of thiocarbonyl (C=S) groups is 1. The Labute approximate surface area is 148 Å². The van der Waals surface area contributed by atoms with Crippen molar-refractivity contribution in [1.29, 1.82) is 0 Å². The zero-order valence-corrected chi connectivity index (χ0v) is 15.3. The Bertz CT molecular complexity index is 756. The summed E-state index contributed by atoms with van der Waals surface area (Å²) in [6.45, 7) is 8.30. The van der Waals surface area contributed by atoms with Gasteiger partial charge >= 0.3 is 0 Å². The van der Waals surface area contributed by atoms with Gasteiger partial charge in [-0.2, -0.15) is 0 Å². The van der Waals surface area contributed by atoms with Gasteiger partial charge in [0, 0.05) is 18.2 Å². The molecule has 5 heteroatoms. The molecule has 0 aliphatic carbocycles.